The quantitative estimate of drug-likeness (QED) is 0.340. The van der Waals surface area contributed by atoms with E-state index in [2.05, 4.69) is 15.2 Å². The van der Waals surface area contributed by atoms with Crippen molar-refractivity contribution in [1.29, 1.82) is 0 Å². The molecule has 0 saturated carbocycles. The van der Waals surface area contributed by atoms with Gasteiger partial charge in [-0.25, -0.2) is 13.2 Å². The van der Waals surface area contributed by atoms with Gasteiger partial charge >= 0.3 is 6.03 Å². The molecule has 0 spiro atoms. The SMILES string of the molecule is Cc1noc(C)c1NC(=O)N(C)C[C@@H]1Oc2ccc(NS(=O)(=O)c3ccc(Cl)cc3)cc2C(=O)N([C@H](C)CO)C[C@@H]1C. The summed E-state index contributed by atoms with van der Waals surface area (Å²) in [5, 5.41) is 17.0. The van der Waals surface area contributed by atoms with Gasteiger partial charge in [-0.05, 0) is 63.2 Å². The Morgan fingerprint density at radius 2 is 1.93 bits per heavy atom. The van der Waals surface area contributed by atoms with Crippen molar-refractivity contribution in [3.8, 4) is 5.75 Å². The summed E-state index contributed by atoms with van der Waals surface area (Å²) in [7, 11) is -2.35. The number of nitrogens with zero attached hydrogens (tertiary/aromatic N) is 3. The van der Waals surface area contributed by atoms with Crippen LogP contribution < -0.4 is 14.8 Å². The van der Waals surface area contributed by atoms with E-state index in [0.29, 0.717) is 22.2 Å². The number of amides is 3. The van der Waals surface area contributed by atoms with Crippen LogP contribution in [0, 0.1) is 19.8 Å². The molecule has 0 bridgehead atoms. The number of likely N-dealkylation sites (N-methyl/N-ethyl adjacent to an activating group) is 1. The van der Waals surface area contributed by atoms with Crippen LogP contribution >= 0.6 is 11.6 Å². The molecule has 2 aromatic carbocycles. The maximum absolute atomic E-state index is 13.7. The van der Waals surface area contributed by atoms with Crippen molar-refractivity contribution in [2.45, 2.75) is 44.7 Å². The number of rotatable bonds is 8. The van der Waals surface area contributed by atoms with Crippen molar-refractivity contribution in [3.05, 3.63) is 64.5 Å². The van der Waals surface area contributed by atoms with Crippen molar-refractivity contribution in [2.75, 3.05) is 36.8 Å². The number of ether oxygens (including phenoxy) is 1. The normalized spacial score (nSPS) is 17.9. The van der Waals surface area contributed by atoms with E-state index >= 15 is 0 Å². The number of fused-ring (bicyclic) bond motifs is 1. The molecule has 0 fully saturated rings. The van der Waals surface area contributed by atoms with Gasteiger partial charge in [0.2, 0.25) is 0 Å². The fourth-order valence-electron chi connectivity index (χ4n) is 4.55. The first-order valence-electron chi connectivity index (χ1n) is 13.3. The van der Waals surface area contributed by atoms with Gasteiger partial charge in [0.15, 0.2) is 5.76 Å². The third-order valence-corrected chi connectivity index (χ3v) is 8.76. The summed E-state index contributed by atoms with van der Waals surface area (Å²) in [6.45, 7) is 7.15. The van der Waals surface area contributed by atoms with Gasteiger partial charge < -0.3 is 29.5 Å². The Balaban J connectivity index is 1.62. The number of aliphatic hydroxyl groups is 1. The van der Waals surface area contributed by atoms with Crippen molar-refractivity contribution < 1.29 is 32.4 Å². The largest absolute Gasteiger partial charge is 0.487 e. The van der Waals surface area contributed by atoms with Crippen molar-refractivity contribution in [3.63, 3.8) is 0 Å². The van der Waals surface area contributed by atoms with Crippen LogP contribution in [0.25, 0.3) is 0 Å². The number of halogens is 1. The fraction of sp³-hybridized carbons (Fsp3) is 0.393. The minimum absolute atomic E-state index is 0.00328. The Morgan fingerprint density at radius 3 is 2.55 bits per heavy atom. The average molecular weight is 620 g/mol. The Hall–Kier alpha value is -3.81. The molecule has 3 N–H and O–H groups in total. The van der Waals surface area contributed by atoms with E-state index in [9.17, 15) is 23.1 Å². The smallest absolute Gasteiger partial charge is 0.321 e. The Bertz CT molecular complexity index is 1540. The van der Waals surface area contributed by atoms with E-state index in [4.69, 9.17) is 20.9 Å². The second kappa shape index (κ2) is 12.6. The highest BCUT2D eigenvalue weighted by molar-refractivity contribution is 7.92. The van der Waals surface area contributed by atoms with Crippen LogP contribution in [0.15, 0.2) is 51.9 Å². The number of carbonyl (C=O) groups excluding carboxylic acids is 2. The number of hydrogen-bond acceptors (Lipinski definition) is 8. The van der Waals surface area contributed by atoms with E-state index < -0.39 is 34.1 Å². The van der Waals surface area contributed by atoms with E-state index in [1.165, 1.54) is 52.3 Å². The standard InChI is InChI=1S/C28H34ClN5O7S/c1-16-13-34(17(2)15-35)27(36)23-12-21(32-42(38,39)22-9-6-20(29)7-10-22)8-11-24(23)40-25(16)14-33(5)28(37)30-26-18(3)31-41-19(26)4/h6-12,16-17,25,32,35H,13-15H2,1-5H3,(H,30,37)/t16-,17+,25-/m0/s1. The molecule has 0 aliphatic carbocycles. The van der Waals surface area contributed by atoms with Gasteiger partial charge in [-0.3, -0.25) is 9.52 Å². The molecule has 3 amide bonds. The summed E-state index contributed by atoms with van der Waals surface area (Å²) in [6.07, 6.45) is -0.553. The van der Waals surface area contributed by atoms with Gasteiger partial charge in [-0.2, -0.15) is 0 Å². The first kappa shape index (κ1) is 31.1. The Morgan fingerprint density at radius 1 is 1.24 bits per heavy atom. The first-order valence-corrected chi connectivity index (χ1v) is 15.1. The predicted molar refractivity (Wildman–Crippen MR) is 157 cm³/mol. The topological polar surface area (TPSA) is 154 Å². The summed E-state index contributed by atoms with van der Waals surface area (Å²) < 4.78 is 39.9. The van der Waals surface area contributed by atoms with E-state index in [-0.39, 0.29) is 47.5 Å². The van der Waals surface area contributed by atoms with Gasteiger partial charge in [0.25, 0.3) is 15.9 Å². The number of anilines is 2. The van der Waals surface area contributed by atoms with E-state index in [1.54, 1.807) is 27.8 Å². The Labute approximate surface area is 249 Å². The van der Waals surface area contributed by atoms with Crippen LogP contribution in [-0.2, 0) is 10.0 Å². The maximum Gasteiger partial charge on any atom is 0.321 e. The van der Waals surface area contributed by atoms with Crippen LogP contribution in [0.1, 0.15) is 35.7 Å². The molecule has 3 aromatic rings. The summed E-state index contributed by atoms with van der Waals surface area (Å²) in [6, 6.07) is 9.18. The average Bonchev–Trinajstić information content (AvgIpc) is 3.26. The molecular weight excluding hydrogens is 586 g/mol. The molecule has 2 heterocycles. The zero-order chi connectivity index (χ0) is 30.8. The zero-order valence-corrected chi connectivity index (χ0v) is 25.5. The number of aromatic nitrogens is 1. The molecule has 226 valence electrons. The molecular formula is C28H34ClN5O7S. The second-order valence-corrected chi connectivity index (χ2v) is 12.5. The molecule has 4 rings (SSSR count). The van der Waals surface area contributed by atoms with Crippen LogP contribution in [0.2, 0.25) is 5.02 Å². The number of sulfonamides is 1. The van der Waals surface area contributed by atoms with Crippen molar-refractivity contribution in [2.24, 2.45) is 5.92 Å². The molecule has 14 heteroatoms. The molecule has 0 saturated heterocycles. The van der Waals surface area contributed by atoms with E-state index in [0.717, 1.165) is 0 Å². The van der Waals surface area contributed by atoms with Gasteiger partial charge in [-0.15, -0.1) is 0 Å². The van der Waals surface area contributed by atoms with Gasteiger partial charge in [0, 0.05) is 30.2 Å². The van der Waals surface area contributed by atoms with Crippen LogP contribution in [0.4, 0.5) is 16.2 Å². The number of aryl methyl sites for hydroxylation is 2. The lowest BCUT2D eigenvalue weighted by atomic mass is 9.99. The van der Waals surface area contributed by atoms with Crippen LogP contribution in [0.5, 0.6) is 5.75 Å². The fourth-order valence-corrected chi connectivity index (χ4v) is 5.72. The molecule has 0 radical (unpaired) electrons. The van der Waals surface area contributed by atoms with Crippen molar-refractivity contribution >= 4 is 44.9 Å². The van der Waals surface area contributed by atoms with Crippen LogP contribution in [-0.4, -0.2) is 79.3 Å². The highest BCUT2D eigenvalue weighted by atomic mass is 35.5. The number of nitrogens with one attached hydrogen (secondary N) is 2. The second-order valence-electron chi connectivity index (χ2n) is 10.4. The lowest BCUT2D eigenvalue weighted by Crippen LogP contribution is -2.50. The third kappa shape index (κ3) is 6.80. The van der Waals surface area contributed by atoms with E-state index in [1.807, 2.05) is 6.92 Å². The van der Waals surface area contributed by atoms with Crippen molar-refractivity contribution in [1.82, 2.24) is 15.0 Å². The number of urea groups is 1. The third-order valence-electron chi connectivity index (χ3n) is 7.11. The van der Waals surface area contributed by atoms with Gasteiger partial charge in [0.05, 0.1) is 29.7 Å². The first-order chi connectivity index (χ1) is 19.8. The molecule has 1 aliphatic heterocycles. The van der Waals surface area contributed by atoms with Gasteiger partial charge in [-0.1, -0.05) is 23.7 Å². The predicted octanol–water partition coefficient (Wildman–Crippen LogP) is 4.13. The maximum atomic E-state index is 13.7. The molecule has 1 aliphatic rings. The zero-order valence-electron chi connectivity index (χ0n) is 23.9. The Kier molecular flexibility index (Phi) is 9.34. The monoisotopic (exact) mass is 619 g/mol. The lowest BCUT2D eigenvalue weighted by molar-refractivity contribution is 0.0371. The minimum Gasteiger partial charge on any atom is -0.487 e. The summed E-state index contributed by atoms with van der Waals surface area (Å²) in [4.78, 5) is 29.7. The molecule has 3 atom stereocenters. The van der Waals surface area contributed by atoms with Gasteiger partial charge in [0.1, 0.15) is 23.2 Å². The molecule has 12 nitrogen and oxygen atoms in total. The molecule has 0 unspecified atom stereocenters. The summed E-state index contributed by atoms with van der Waals surface area (Å²) in [5.41, 5.74) is 1.31. The number of benzene rings is 2. The van der Waals surface area contributed by atoms with Crippen LogP contribution in [0.3, 0.4) is 0 Å². The lowest BCUT2D eigenvalue weighted by Gasteiger charge is -2.38. The molecule has 42 heavy (non-hydrogen) atoms. The highest BCUT2D eigenvalue weighted by Crippen LogP contribution is 2.32. The summed E-state index contributed by atoms with van der Waals surface area (Å²) >= 11 is 5.89. The minimum atomic E-state index is -3.97. The highest BCUT2D eigenvalue weighted by Gasteiger charge is 2.34. The number of hydrogen-bond donors (Lipinski definition) is 3. The number of carbonyl (C=O) groups is 2. The number of aliphatic hydroxyl groups excluding tert-OH is 1. The molecule has 1 aromatic heterocycles. The summed E-state index contributed by atoms with van der Waals surface area (Å²) in [5.74, 6) is 0.0384.